The monoisotopic (exact) mass is 263 g/mol. The maximum atomic E-state index is 5.83. The molecular weight excluding hydrogens is 250 g/mol. The molecule has 1 heterocycles. The lowest BCUT2D eigenvalue weighted by molar-refractivity contribution is 0.340. The van der Waals surface area contributed by atoms with Crippen molar-refractivity contribution in [3.05, 3.63) is 41.6 Å². The molecule has 0 bridgehead atoms. The Bertz CT molecular complexity index is 508. The van der Waals surface area contributed by atoms with Crippen molar-refractivity contribution in [3.8, 4) is 5.75 Å². The average Bonchev–Trinajstić information content (AvgIpc) is 2.31. The largest absolute Gasteiger partial charge is 0.494 e. The van der Waals surface area contributed by atoms with Crippen LogP contribution in [0.4, 0.5) is 17.2 Å². The molecule has 0 fully saturated rings. The van der Waals surface area contributed by atoms with E-state index < -0.39 is 0 Å². The predicted octanol–water partition coefficient (Wildman–Crippen LogP) is 3.46. The zero-order chi connectivity index (χ0) is 13.0. The predicted molar refractivity (Wildman–Crippen MR) is 74.6 cm³/mol. The number of aromatic nitrogens is 1. The fraction of sp³-hybridized carbons (Fsp3) is 0.154. The number of nitrogen functional groups attached to an aromatic ring is 1. The summed E-state index contributed by atoms with van der Waals surface area (Å²) in [6.07, 6.45) is 0. The molecule has 94 valence electrons. The molecule has 1 aromatic carbocycles. The van der Waals surface area contributed by atoms with E-state index in [2.05, 4.69) is 10.3 Å². The van der Waals surface area contributed by atoms with Gasteiger partial charge in [-0.15, -0.1) is 0 Å². The van der Waals surface area contributed by atoms with E-state index in [-0.39, 0.29) is 0 Å². The number of nitrogens with one attached hydrogen (secondary N) is 1. The number of halogens is 1. The fourth-order valence-electron chi connectivity index (χ4n) is 1.53. The van der Waals surface area contributed by atoms with Gasteiger partial charge in [0.1, 0.15) is 16.7 Å². The molecule has 0 spiro atoms. The molecule has 0 atom stereocenters. The first kappa shape index (κ1) is 12.5. The third-order valence-corrected chi connectivity index (χ3v) is 2.45. The van der Waals surface area contributed by atoms with Crippen LogP contribution in [0.2, 0.25) is 5.15 Å². The summed E-state index contributed by atoms with van der Waals surface area (Å²) in [4.78, 5) is 4.13. The zero-order valence-corrected chi connectivity index (χ0v) is 10.7. The highest BCUT2D eigenvalue weighted by molar-refractivity contribution is 6.29. The van der Waals surface area contributed by atoms with E-state index in [0.29, 0.717) is 23.3 Å². The topological polar surface area (TPSA) is 60.2 Å². The van der Waals surface area contributed by atoms with Gasteiger partial charge in [-0.05, 0) is 37.3 Å². The second kappa shape index (κ2) is 5.60. The number of hydrogen-bond donors (Lipinski definition) is 2. The average molecular weight is 264 g/mol. The molecule has 0 aliphatic rings. The van der Waals surface area contributed by atoms with Gasteiger partial charge in [0.15, 0.2) is 0 Å². The molecule has 0 aliphatic heterocycles. The van der Waals surface area contributed by atoms with Gasteiger partial charge in [0, 0.05) is 17.4 Å². The summed E-state index contributed by atoms with van der Waals surface area (Å²) in [5.41, 5.74) is 7.16. The number of nitrogens with zero attached hydrogens (tertiary/aromatic N) is 1. The highest BCUT2D eigenvalue weighted by Crippen LogP contribution is 2.22. The van der Waals surface area contributed by atoms with E-state index in [1.54, 1.807) is 12.1 Å². The number of hydrogen-bond acceptors (Lipinski definition) is 4. The minimum Gasteiger partial charge on any atom is -0.494 e. The van der Waals surface area contributed by atoms with Crippen LogP contribution < -0.4 is 15.8 Å². The second-order valence-electron chi connectivity index (χ2n) is 3.69. The summed E-state index contributed by atoms with van der Waals surface area (Å²) < 4.78 is 5.36. The van der Waals surface area contributed by atoms with Crippen molar-refractivity contribution < 1.29 is 4.74 Å². The third-order valence-electron chi connectivity index (χ3n) is 2.25. The first-order valence-corrected chi connectivity index (χ1v) is 5.98. The molecule has 0 saturated heterocycles. The highest BCUT2D eigenvalue weighted by atomic mass is 35.5. The summed E-state index contributed by atoms with van der Waals surface area (Å²) in [5, 5.41) is 3.49. The Morgan fingerprint density at radius 1 is 1.28 bits per heavy atom. The van der Waals surface area contributed by atoms with Crippen LogP contribution in [0.1, 0.15) is 6.92 Å². The zero-order valence-electron chi connectivity index (χ0n) is 9.98. The van der Waals surface area contributed by atoms with Gasteiger partial charge < -0.3 is 15.8 Å². The SMILES string of the molecule is CCOc1ccc(Nc2cc(N)cc(Cl)n2)cc1. The van der Waals surface area contributed by atoms with Crippen LogP contribution in [-0.2, 0) is 0 Å². The van der Waals surface area contributed by atoms with Crippen LogP contribution in [0.15, 0.2) is 36.4 Å². The summed E-state index contributed by atoms with van der Waals surface area (Å²) >= 11 is 5.83. The standard InChI is InChI=1S/C13H14ClN3O/c1-2-18-11-5-3-10(4-6-11)16-13-8-9(15)7-12(14)17-13/h3-8H,2H2,1H3,(H3,15,16,17). The van der Waals surface area contributed by atoms with Crippen LogP contribution in [0.25, 0.3) is 0 Å². The van der Waals surface area contributed by atoms with Crippen LogP contribution >= 0.6 is 11.6 Å². The second-order valence-corrected chi connectivity index (χ2v) is 4.08. The Balaban J connectivity index is 2.13. The van der Waals surface area contributed by atoms with Gasteiger partial charge >= 0.3 is 0 Å². The molecule has 18 heavy (non-hydrogen) atoms. The maximum Gasteiger partial charge on any atom is 0.134 e. The van der Waals surface area contributed by atoms with Crippen molar-refractivity contribution in [1.29, 1.82) is 0 Å². The minimum absolute atomic E-state index is 0.364. The molecule has 2 rings (SSSR count). The molecule has 0 saturated carbocycles. The van der Waals surface area contributed by atoms with E-state index >= 15 is 0 Å². The summed E-state index contributed by atoms with van der Waals surface area (Å²) in [7, 11) is 0. The first-order chi connectivity index (χ1) is 8.67. The van der Waals surface area contributed by atoms with Gasteiger partial charge in [0.2, 0.25) is 0 Å². The molecule has 0 aliphatic carbocycles. The van der Waals surface area contributed by atoms with Crippen molar-refractivity contribution in [1.82, 2.24) is 4.98 Å². The molecule has 5 heteroatoms. The number of rotatable bonds is 4. The number of anilines is 3. The van der Waals surface area contributed by atoms with Crippen LogP contribution in [-0.4, -0.2) is 11.6 Å². The quantitative estimate of drug-likeness (QED) is 0.830. The molecule has 3 N–H and O–H groups in total. The Hall–Kier alpha value is -1.94. The Labute approximate surface area is 111 Å². The van der Waals surface area contributed by atoms with Crippen LogP contribution in [0.3, 0.4) is 0 Å². The number of pyridine rings is 1. The summed E-state index contributed by atoms with van der Waals surface area (Å²) in [5.74, 6) is 1.45. The van der Waals surface area contributed by atoms with E-state index in [1.807, 2.05) is 31.2 Å². The molecule has 4 nitrogen and oxygen atoms in total. The van der Waals surface area contributed by atoms with Crippen molar-refractivity contribution in [2.24, 2.45) is 0 Å². The van der Waals surface area contributed by atoms with Crippen molar-refractivity contribution >= 4 is 28.8 Å². The molecule has 0 unspecified atom stereocenters. The smallest absolute Gasteiger partial charge is 0.134 e. The van der Waals surface area contributed by atoms with E-state index in [9.17, 15) is 0 Å². The molecule has 0 radical (unpaired) electrons. The van der Waals surface area contributed by atoms with Crippen LogP contribution in [0.5, 0.6) is 5.75 Å². The van der Waals surface area contributed by atoms with Gasteiger partial charge in [-0.25, -0.2) is 4.98 Å². The molecule has 1 aromatic heterocycles. The Kier molecular flexibility index (Phi) is 3.89. The van der Waals surface area contributed by atoms with Gasteiger partial charge in [-0.1, -0.05) is 11.6 Å². The van der Waals surface area contributed by atoms with E-state index in [0.717, 1.165) is 11.4 Å². The van der Waals surface area contributed by atoms with E-state index in [4.69, 9.17) is 22.1 Å². The first-order valence-electron chi connectivity index (χ1n) is 5.60. The molecule has 2 aromatic rings. The fourth-order valence-corrected chi connectivity index (χ4v) is 1.75. The number of ether oxygens (including phenoxy) is 1. The number of nitrogens with two attached hydrogens (primary N) is 1. The molecular formula is C13H14ClN3O. The van der Waals surface area contributed by atoms with E-state index in [1.165, 1.54) is 0 Å². The van der Waals surface area contributed by atoms with Gasteiger partial charge in [-0.3, -0.25) is 0 Å². The Morgan fingerprint density at radius 2 is 2.00 bits per heavy atom. The lowest BCUT2D eigenvalue weighted by Gasteiger charge is -2.08. The van der Waals surface area contributed by atoms with Gasteiger partial charge in [0.25, 0.3) is 0 Å². The lowest BCUT2D eigenvalue weighted by atomic mass is 10.3. The highest BCUT2D eigenvalue weighted by Gasteiger charge is 2.00. The van der Waals surface area contributed by atoms with Crippen molar-refractivity contribution in [3.63, 3.8) is 0 Å². The summed E-state index contributed by atoms with van der Waals surface area (Å²) in [6.45, 7) is 2.60. The Morgan fingerprint density at radius 3 is 2.61 bits per heavy atom. The van der Waals surface area contributed by atoms with Gasteiger partial charge in [-0.2, -0.15) is 0 Å². The minimum atomic E-state index is 0.364. The summed E-state index contributed by atoms with van der Waals surface area (Å²) in [6, 6.07) is 10.9. The number of benzene rings is 1. The maximum absolute atomic E-state index is 5.83. The van der Waals surface area contributed by atoms with Crippen LogP contribution in [0, 0.1) is 0 Å². The van der Waals surface area contributed by atoms with Crippen molar-refractivity contribution in [2.45, 2.75) is 6.92 Å². The third kappa shape index (κ3) is 3.28. The lowest BCUT2D eigenvalue weighted by Crippen LogP contribution is -1.96. The van der Waals surface area contributed by atoms with Crippen molar-refractivity contribution in [2.75, 3.05) is 17.7 Å². The van der Waals surface area contributed by atoms with Gasteiger partial charge in [0.05, 0.1) is 6.61 Å². The normalized spacial score (nSPS) is 10.1. The molecule has 0 amide bonds.